The van der Waals surface area contributed by atoms with Crippen LogP contribution in [0.1, 0.15) is 24.2 Å². The lowest BCUT2D eigenvalue weighted by Crippen LogP contribution is -2.41. The first kappa shape index (κ1) is 14.4. The average Bonchev–Trinajstić information content (AvgIpc) is 2.80. The molecule has 0 unspecified atom stereocenters. The van der Waals surface area contributed by atoms with E-state index < -0.39 is 10.0 Å². The predicted octanol–water partition coefficient (Wildman–Crippen LogP) is -0.0237. The zero-order valence-electron chi connectivity index (χ0n) is 11.2. The highest BCUT2D eigenvalue weighted by Crippen LogP contribution is 2.25. The van der Waals surface area contributed by atoms with Gasteiger partial charge in [0.2, 0.25) is 10.0 Å². The van der Waals surface area contributed by atoms with E-state index in [4.69, 9.17) is 10.5 Å². The van der Waals surface area contributed by atoms with E-state index in [0.717, 1.165) is 0 Å². The summed E-state index contributed by atoms with van der Waals surface area (Å²) in [5.74, 6) is 0. The molecule has 0 spiro atoms. The summed E-state index contributed by atoms with van der Waals surface area (Å²) in [6.07, 6.45) is 1.57. The summed E-state index contributed by atoms with van der Waals surface area (Å²) in [5.41, 5.74) is 6.48. The Hall–Kier alpha value is -0.960. The van der Waals surface area contributed by atoms with Gasteiger partial charge in [-0.25, -0.2) is 8.42 Å². The van der Waals surface area contributed by atoms with Crippen molar-refractivity contribution in [3.8, 4) is 0 Å². The first-order valence-electron chi connectivity index (χ1n) is 6.27. The average molecular weight is 288 g/mol. The summed E-state index contributed by atoms with van der Waals surface area (Å²) < 4.78 is 32.0. The summed E-state index contributed by atoms with van der Waals surface area (Å²) in [6, 6.07) is 0. The van der Waals surface area contributed by atoms with Crippen molar-refractivity contribution in [2.24, 2.45) is 5.73 Å². The van der Waals surface area contributed by atoms with Gasteiger partial charge in [0.1, 0.15) is 4.90 Å². The van der Waals surface area contributed by atoms with Gasteiger partial charge in [0.25, 0.3) is 0 Å². The minimum Gasteiger partial charge on any atom is -0.381 e. The van der Waals surface area contributed by atoms with Crippen molar-refractivity contribution in [1.82, 2.24) is 14.5 Å². The molecule has 0 aromatic carbocycles. The van der Waals surface area contributed by atoms with Crippen molar-refractivity contribution in [3.63, 3.8) is 0 Å². The molecule has 0 atom stereocenters. The molecule has 1 aliphatic rings. The molecule has 1 aromatic heterocycles. The zero-order chi connectivity index (χ0) is 14.0. The predicted molar refractivity (Wildman–Crippen MR) is 70.0 cm³/mol. The number of hydrogen-bond acceptors (Lipinski definition) is 5. The second-order valence-electron chi connectivity index (χ2n) is 4.67. The molecule has 2 heterocycles. The van der Waals surface area contributed by atoms with Gasteiger partial charge in [-0.2, -0.15) is 9.40 Å². The Morgan fingerprint density at radius 2 is 2.11 bits per heavy atom. The lowest BCUT2D eigenvalue weighted by atomic mass is 10.1. The number of aromatic nitrogens is 2. The Bertz CT molecular complexity index is 532. The van der Waals surface area contributed by atoms with Crippen molar-refractivity contribution >= 4 is 10.0 Å². The number of methoxy groups -OCH3 is 1. The van der Waals surface area contributed by atoms with Gasteiger partial charge in [-0.3, -0.25) is 5.10 Å². The molecule has 108 valence electrons. The van der Waals surface area contributed by atoms with Crippen LogP contribution in [0.2, 0.25) is 0 Å². The van der Waals surface area contributed by atoms with Crippen molar-refractivity contribution in [1.29, 1.82) is 0 Å². The summed E-state index contributed by atoms with van der Waals surface area (Å²) in [6.45, 7) is 2.74. The lowest BCUT2D eigenvalue weighted by molar-refractivity contribution is 0.0604. The molecule has 19 heavy (non-hydrogen) atoms. The molecule has 7 nitrogen and oxygen atoms in total. The minimum absolute atomic E-state index is 0.105. The number of hydrogen-bond donors (Lipinski definition) is 2. The molecule has 0 bridgehead atoms. The number of nitrogens with one attached hydrogen (secondary N) is 1. The number of nitrogens with two attached hydrogens (primary N) is 1. The molecule has 0 amide bonds. The van der Waals surface area contributed by atoms with Crippen LogP contribution < -0.4 is 5.73 Å². The summed E-state index contributed by atoms with van der Waals surface area (Å²) in [7, 11) is -1.87. The van der Waals surface area contributed by atoms with Crippen LogP contribution in [0, 0.1) is 6.92 Å². The third kappa shape index (κ3) is 2.66. The van der Waals surface area contributed by atoms with Gasteiger partial charge in [0.05, 0.1) is 17.5 Å². The smallest absolute Gasteiger partial charge is 0.246 e. The lowest BCUT2D eigenvalue weighted by Gasteiger charge is -2.30. The van der Waals surface area contributed by atoms with Crippen molar-refractivity contribution < 1.29 is 13.2 Å². The number of piperidine rings is 1. The largest absolute Gasteiger partial charge is 0.381 e. The van der Waals surface area contributed by atoms with Gasteiger partial charge < -0.3 is 10.5 Å². The topological polar surface area (TPSA) is 101 Å². The Balaban J connectivity index is 2.26. The van der Waals surface area contributed by atoms with Gasteiger partial charge in [0, 0.05) is 26.7 Å². The van der Waals surface area contributed by atoms with Crippen LogP contribution in [0.25, 0.3) is 0 Å². The maximum absolute atomic E-state index is 12.6. The highest BCUT2D eigenvalue weighted by atomic mass is 32.2. The second kappa shape index (κ2) is 5.58. The number of H-pyrrole nitrogens is 1. The molecule has 1 aliphatic heterocycles. The van der Waals surface area contributed by atoms with E-state index in [1.165, 1.54) is 4.31 Å². The molecule has 1 fully saturated rings. The number of nitrogens with zero attached hydrogens (tertiary/aromatic N) is 2. The first-order chi connectivity index (χ1) is 9.00. The van der Waals surface area contributed by atoms with E-state index in [-0.39, 0.29) is 17.5 Å². The van der Waals surface area contributed by atoms with Crippen molar-refractivity contribution in [2.75, 3.05) is 20.2 Å². The summed E-state index contributed by atoms with van der Waals surface area (Å²) in [4.78, 5) is 0.228. The van der Waals surface area contributed by atoms with Gasteiger partial charge in [-0.05, 0) is 19.8 Å². The molecule has 2 rings (SSSR count). The number of ether oxygens (including phenoxy) is 1. The van der Waals surface area contributed by atoms with Gasteiger partial charge in [-0.15, -0.1) is 0 Å². The summed E-state index contributed by atoms with van der Waals surface area (Å²) in [5, 5.41) is 6.64. The molecule has 1 aromatic rings. The van der Waals surface area contributed by atoms with Crippen molar-refractivity contribution in [2.45, 2.75) is 37.3 Å². The second-order valence-corrected chi connectivity index (χ2v) is 6.54. The van der Waals surface area contributed by atoms with E-state index in [0.29, 0.717) is 37.3 Å². The Morgan fingerprint density at radius 1 is 1.47 bits per heavy atom. The third-order valence-electron chi connectivity index (χ3n) is 3.49. The third-order valence-corrected chi connectivity index (χ3v) is 5.59. The number of rotatable bonds is 4. The first-order valence-corrected chi connectivity index (χ1v) is 7.71. The highest BCUT2D eigenvalue weighted by molar-refractivity contribution is 7.89. The molecule has 0 aliphatic carbocycles. The molecular weight excluding hydrogens is 268 g/mol. The Morgan fingerprint density at radius 3 is 2.63 bits per heavy atom. The Labute approximate surface area is 113 Å². The molecule has 3 N–H and O–H groups in total. The number of sulfonamides is 1. The fraction of sp³-hybridized carbons (Fsp3) is 0.727. The molecule has 1 saturated heterocycles. The fourth-order valence-corrected chi connectivity index (χ4v) is 4.20. The number of aromatic amines is 1. The normalized spacial score (nSPS) is 18.9. The van der Waals surface area contributed by atoms with Gasteiger partial charge in [0.15, 0.2) is 0 Å². The standard InChI is InChI=1S/C11H20N4O3S/c1-8-11(10(7-12)14-13-8)19(16,17)15-5-3-9(18-2)4-6-15/h9H,3-7,12H2,1-2H3,(H,13,14). The van der Waals surface area contributed by atoms with E-state index in [2.05, 4.69) is 10.2 Å². The van der Waals surface area contributed by atoms with Crippen molar-refractivity contribution in [3.05, 3.63) is 11.4 Å². The quantitative estimate of drug-likeness (QED) is 0.810. The van der Waals surface area contributed by atoms with E-state index in [1.807, 2.05) is 0 Å². The summed E-state index contributed by atoms with van der Waals surface area (Å²) >= 11 is 0. The van der Waals surface area contributed by atoms with E-state index >= 15 is 0 Å². The van der Waals surface area contributed by atoms with Crippen LogP contribution in [0.15, 0.2) is 4.90 Å². The van der Waals surface area contributed by atoms with Gasteiger partial charge >= 0.3 is 0 Å². The molecule has 8 heteroatoms. The van der Waals surface area contributed by atoms with Gasteiger partial charge in [-0.1, -0.05) is 0 Å². The van der Waals surface area contributed by atoms with Crippen LogP contribution in [-0.4, -0.2) is 49.2 Å². The zero-order valence-corrected chi connectivity index (χ0v) is 12.0. The van der Waals surface area contributed by atoms with Crippen LogP contribution in [0.3, 0.4) is 0 Å². The van der Waals surface area contributed by atoms with Crippen LogP contribution >= 0.6 is 0 Å². The Kier molecular flexibility index (Phi) is 4.24. The monoisotopic (exact) mass is 288 g/mol. The van der Waals surface area contributed by atoms with Crippen LogP contribution in [0.4, 0.5) is 0 Å². The fourth-order valence-electron chi connectivity index (χ4n) is 2.39. The maximum atomic E-state index is 12.6. The highest BCUT2D eigenvalue weighted by Gasteiger charge is 2.33. The molecular formula is C11H20N4O3S. The molecule has 0 radical (unpaired) electrons. The van der Waals surface area contributed by atoms with Crippen LogP contribution in [0.5, 0.6) is 0 Å². The minimum atomic E-state index is -3.52. The van der Waals surface area contributed by atoms with E-state index in [9.17, 15) is 8.42 Å². The SMILES string of the molecule is COC1CCN(S(=O)(=O)c2c(CN)n[nH]c2C)CC1. The maximum Gasteiger partial charge on any atom is 0.246 e. The van der Waals surface area contributed by atoms with Crippen LogP contribution in [-0.2, 0) is 21.3 Å². The number of aryl methyl sites for hydroxylation is 1. The molecule has 0 saturated carbocycles. The van der Waals surface area contributed by atoms with E-state index in [1.54, 1.807) is 14.0 Å².